The summed E-state index contributed by atoms with van der Waals surface area (Å²) in [4.78, 5) is 32.0. The largest absolute Gasteiger partial charge is 0.396 e. The number of carbonyl (C=O) groups excluding carboxylic acids is 2. The van der Waals surface area contributed by atoms with Crippen molar-refractivity contribution < 1.29 is 24.9 Å². The van der Waals surface area contributed by atoms with Gasteiger partial charge in [0.25, 0.3) is 0 Å². The van der Waals surface area contributed by atoms with Gasteiger partial charge in [0, 0.05) is 43.5 Å². The number of hydrogen-bond acceptors (Lipinski definition) is 8. The van der Waals surface area contributed by atoms with Crippen LogP contribution in [-0.2, 0) is 9.59 Å². The second-order valence-corrected chi connectivity index (χ2v) is 9.56. The van der Waals surface area contributed by atoms with Gasteiger partial charge in [-0.05, 0) is 46.4 Å². The second-order valence-electron chi connectivity index (χ2n) is 9.56. The maximum atomic E-state index is 13.1. The Kier molecular flexibility index (Phi) is 9.39. The molecule has 174 valence electrons. The standard InChI is InChI=1S/C22H41N3O5/c1-5-17-6-7-23(2)13-20(29)21(30)22(17)10-16(14-26)19(15-27)25(4)9-8-24(3)12-18(28)11-22/h16-17,19,21,26-27,30H,5-15H2,1-4H3/t16-,17?,19-,21?,22+/m0/s1. The van der Waals surface area contributed by atoms with Crippen LogP contribution in [0, 0.1) is 17.3 Å². The molecule has 3 N–H and O–H groups in total. The molecule has 2 aliphatic rings. The fraction of sp³-hybridized carbons (Fsp3) is 0.909. The number of aliphatic hydroxyl groups is 3. The highest BCUT2D eigenvalue weighted by Gasteiger charge is 2.51. The van der Waals surface area contributed by atoms with Gasteiger partial charge in [0.1, 0.15) is 11.9 Å². The van der Waals surface area contributed by atoms with Crippen molar-refractivity contribution in [3.8, 4) is 0 Å². The molecule has 2 unspecified atom stereocenters. The lowest BCUT2D eigenvalue weighted by atomic mass is 9.59. The Hall–Kier alpha value is -0.900. The molecule has 2 rings (SSSR count). The average molecular weight is 428 g/mol. The lowest BCUT2D eigenvalue weighted by Gasteiger charge is -2.48. The fourth-order valence-electron chi connectivity index (χ4n) is 5.60. The molecule has 0 aromatic carbocycles. The van der Waals surface area contributed by atoms with Crippen LogP contribution in [0.25, 0.3) is 0 Å². The zero-order valence-electron chi connectivity index (χ0n) is 19.1. The SMILES string of the molecule is CCC1CCN(C)CC(=O)C(O)[C@]12CC(=O)CN(C)CCN(C)[C@@H](CO)[C@H](CO)C2. The van der Waals surface area contributed by atoms with Crippen molar-refractivity contribution in [1.29, 1.82) is 0 Å². The van der Waals surface area contributed by atoms with Gasteiger partial charge in [-0.2, -0.15) is 0 Å². The summed E-state index contributed by atoms with van der Waals surface area (Å²) in [6.07, 6.45) is 0.699. The minimum absolute atomic E-state index is 0.0125. The first kappa shape index (κ1) is 25.4. The molecule has 0 aromatic rings. The molecule has 0 radical (unpaired) electrons. The molecule has 0 saturated carbocycles. The van der Waals surface area contributed by atoms with E-state index in [0.29, 0.717) is 19.5 Å². The number of hydrogen-bond donors (Lipinski definition) is 3. The van der Waals surface area contributed by atoms with Crippen LogP contribution in [0.4, 0.5) is 0 Å². The van der Waals surface area contributed by atoms with Gasteiger partial charge in [-0.3, -0.25) is 24.3 Å². The molecule has 2 heterocycles. The van der Waals surface area contributed by atoms with Gasteiger partial charge < -0.3 is 15.3 Å². The molecular weight excluding hydrogens is 386 g/mol. The van der Waals surface area contributed by atoms with Crippen LogP contribution in [0.5, 0.6) is 0 Å². The highest BCUT2D eigenvalue weighted by Crippen LogP contribution is 2.47. The van der Waals surface area contributed by atoms with Gasteiger partial charge in [-0.1, -0.05) is 13.3 Å². The molecule has 8 heteroatoms. The summed E-state index contributed by atoms with van der Waals surface area (Å²) in [6, 6.07) is -0.304. The van der Waals surface area contributed by atoms with Crippen LogP contribution in [0.3, 0.4) is 0 Å². The topological polar surface area (TPSA) is 105 Å². The van der Waals surface area contributed by atoms with E-state index in [1.54, 1.807) is 0 Å². The first-order chi connectivity index (χ1) is 14.2. The third kappa shape index (κ3) is 5.66. The van der Waals surface area contributed by atoms with Crippen LogP contribution in [-0.4, -0.2) is 121 Å². The second kappa shape index (κ2) is 11.1. The first-order valence-electron chi connectivity index (χ1n) is 11.2. The Labute approximate surface area is 180 Å². The number of likely N-dealkylation sites (tertiary alicyclic amines) is 1. The van der Waals surface area contributed by atoms with Crippen molar-refractivity contribution in [2.75, 3.05) is 67.1 Å². The molecule has 0 amide bonds. The smallest absolute Gasteiger partial charge is 0.175 e. The number of Topliss-reactive ketones (excluding diaryl/α,β-unsaturated/α-hetero) is 2. The van der Waals surface area contributed by atoms with Gasteiger partial charge in [-0.15, -0.1) is 0 Å². The average Bonchev–Trinajstić information content (AvgIpc) is 2.71. The third-order valence-corrected chi connectivity index (χ3v) is 7.42. The van der Waals surface area contributed by atoms with Gasteiger partial charge in [-0.25, -0.2) is 0 Å². The van der Waals surface area contributed by atoms with E-state index in [0.717, 1.165) is 19.4 Å². The highest BCUT2D eigenvalue weighted by molar-refractivity contribution is 5.88. The number of aliphatic hydroxyl groups excluding tert-OH is 3. The summed E-state index contributed by atoms with van der Waals surface area (Å²) < 4.78 is 0. The molecule has 2 saturated heterocycles. The van der Waals surface area contributed by atoms with E-state index < -0.39 is 11.5 Å². The molecular formula is C22H41N3O5. The van der Waals surface area contributed by atoms with E-state index in [9.17, 15) is 24.9 Å². The maximum Gasteiger partial charge on any atom is 0.175 e. The van der Waals surface area contributed by atoms with Crippen molar-refractivity contribution in [2.45, 2.75) is 44.8 Å². The minimum Gasteiger partial charge on any atom is -0.396 e. The Bertz CT molecular complexity index is 589. The normalized spacial score (nSPS) is 37.0. The molecule has 0 aliphatic carbocycles. The molecule has 0 aromatic heterocycles. The summed E-state index contributed by atoms with van der Waals surface area (Å²) in [7, 11) is 5.68. The Morgan fingerprint density at radius 3 is 2.27 bits per heavy atom. The Balaban J connectivity index is 2.56. The van der Waals surface area contributed by atoms with E-state index in [1.165, 1.54) is 0 Å². The van der Waals surface area contributed by atoms with Gasteiger partial charge in [0.2, 0.25) is 0 Å². The lowest BCUT2D eigenvalue weighted by Crippen LogP contribution is -2.55. The molecule has 8 nitrogen and oxygen atoms in total. The summed E-state index contributed by atoms with van der Waals surface area (Å²) >= 11 is 0. The van der Waals surface area contributed by atoms with E-state index >= 15 is 0 Å². The quantitative estimate of drug-likeness (QED) is 0.552. The van der Waals surface area contributed by atoms with Crippen molar-refractivity contribution in [1.82, 2.24) is 14.7 Å². The number of carbonyl (C=O) groups is 2. The number of rotatable bonds is 3. The summed E-state index contributed by atoms with van der Waals surface area (Å²) in [6.45, 7) is 4.20. The highest BCUT2D eigenvalue weighted by atomic mass is 16.3. The predicted octanol–water partition coefficient (Wildman–Crippen LogP) is -0.540. The molecule has 2 aliphatic heterocycles. The van der Waals surface area contributed by atoms with Crippen LogP contribution < -0.4 is 0 Å². The zero-order chi connectivity index (χ0) is 22.5. The summed E-state index contributed by atoms with van der Waals surface area (Å²) in [5, 5.41) is 31.7. The molecule has 0 bridgehead atoms. The Morgan fingerprint density at radius 2 is 1.67 bits per heavy atom. The van der Waals surface area contributed by atoms with Crippen molar-refractivity contribution in [3.05, 3.63) is 0 Å². The van der Waals surface area contributed by atoms with Crippen molar-refractivity contribution in [2.24, 2.45) is 17.3 Å². The molecule has 1 spiro atoms. The fourth-order valence-corrected chi connectivity index (χ4v) is 5.60. The first-order valence-corrected chi connectivity index (χ1v) is 11.2. The third-order valence-electron chi connectivity index (χ3n) is 7.42. The number of likely N-dealkylation sites (N-methyl/N-ethyl adjacent to an activating group) is 3. The lowest BCUT2D eigenvalue weighted by molar-refractivity contribution is -0.149. The molecule has 30 heavy (non-hydrogen) atoms. The van der Waals surface area contributed by atoms with Gasteiger partial charge in [0.05, 0.1) is 19.7 Å². The van der Waals surface area contributed by atoms with E-state index in [2.05, 4.69) is 0 Å². The van der Waals surface area contributed by atoms with E-state index in [-0.39, 0.29) is 62.2 Å². The molecule has 5 atom stereocenters. The summed E-state index contributed by atoms with van der Waals surface area (Å²) in [5.74, 6) is -0.631. The number of nitrogens with zero attached hydrogens (tertiary/aromatic N) is 3. The van der Waals surface area contributed by atoms with E-state index in [4.69, 9.17) is 0 Å². The Morgan fingerprint density at radius 1 is 1.00 bits per heavy atom. The monoisotopic (exact) mass is 427 g/mol. The molecule has 2 fully saturated rings. The minimum atomic E-state index is -1.26. The van der Waals surface area contributed by atoms with Crippen LogP contribution in [0.2, 0.25) is 0 Å². The van der Waals surface area contributed by atoms with Crippen LogP contribution in [0.1, 0.15) is 32.6 Å². The predicted molar refractivity (Wildman–Crippen MR) is 115 cm³/mol. The van der Waals surface area contributed by atoms with Crippen LogP contribution in [0.15, 0.2) is 0 Å². The van der Waals surface area contributed by atoms with Crippen molar-refractivity contribution in [3.63, 3.8) is 0 Å². The zero-order valence-corrected chi connectivity index (χ0v) is 19.1. The maximum absolute atomic E-state index is 13.1. The van der Waals surface area contributed by atoms with Gasteiger partial charge >= 0.3 is 0 Å². The number of ketones is 2. The van der Waals surface area contributed by atoms with Gasteiger partial charge in [0.15, 0.2) is 5.78 Å². The van der Waals surface area contributed by atoms with E-state index in [1.807, 2.05) is 42.8 Å². The van der Waals surface area contributed by atoms with Crippen LogP contribution >= 0.6 is 0 Å². The van der Waals surface area contributed by atoms with Crippen molar-refractivity contribution >= 4 is 11.6 Å². The summed E-state index contributed by atoms with van der Waals surface area (Å²) in [5.41, 5.74) is -0.934.